The molecule has 0 atom stereocenters. The number of carbonyl (C=O) groups excluding carboxylic acids is 2. The molecule has 0 saturated carbocycles. The molecule has 38 heavy (non-hydrogen) atoms. The van der Waals surface area contributed by atoms with Crippen molar-refractivity contribution in [3.8, 4) is 0 Å². The van der Waals surface area contributed by atoms with Crippen molar-refractivity contribution >= 4 is 23.2 Å². The summed E-state index contributed by atoms with van der Waals surface area (Å²) in [5.41, 5.74) is 1.03. The molecule has 11 heteroatoms. The summed E-state index contributed by atoms with van der Waals surface area (Å²) in [7, 11) is 0. The lowest BCUT2D eigenvalue weighted by atomic mass is 10.0. The van der Waals surface area contributed by atoms with Crippen molar-refractivity contribution in [1.82, 2.24) is 15.0 Å². The van der Waals surface area contributed by atoms with Crippen LogP contribution < -0.4 is 10.6 Å². The molecule has 0 unspecified atom stereocenters. The number of aromatic nitrogens is 1. The summed E-state index contributed by atoms with van der Waals surface area (Å²) < 4.78 is 45.9. The Morgan fingerprint density at radius 2 is 1.66 bits per heavy atom. The highest BCUT2D eigenvalue weighted by molar-refractivity contribution is 6.06. The summed E-state index contributed by atoms with van der Waals surface area (Å²) in [4.78, 5) is 29.9. The first-order valence-corrected chi connectivity index (χ1v) is 12.3. The van der Waals surface area contributed by atoms with Crippen LogP contribution in [-0.4, -0.2) is 59.5 Å². The van der Waals surface area contributed by atoms with Gasteiger partial charge in [-0.05, 0) is 61.9 Å². The zero-order valence-electron chi connectivity index (χ0n) is 21.5. The van der Waals surface area contributed by atoms with Crippen LogP contribution in [0.5, 0.6) is 0 Å². The minimum atomic E-state index is -4.59. The molecule has 1 aromatic heterocycles. The van der Waals surface area contributed by atoms with E-state index in [9.17, 15) is 22.8 Å². The van der Waals surface area contributed by atoms with E-state index in [1.165, 1.54) is 12.1 Å². The van der Waals surface area contributed by atoms with Crippen molar-refractivity contribution in [2.75, 3.05) is 43.4 Å². The Morgan fingerprint density at radius 1 is 0.947 bits per heavy atom. The summed E-state index contributed by atoms with van der Waals surface area (Å²) in [5, 5.41) is 9.05. The Hall–Kier alpha value is -3.70. The Balaban J connectivity index is 1.52. The van der Waals surface area contributed by atoms with Crippen LogP contribution in [0.4, 0.5) is 24.5 Å². The third kappa shape index (κ3) is 6.78. The summed E-state index contributed by atoms with van der Waals surface area (Å²) in [5.74, 6) is -0.686. The molecule has 4 rings (SSSR count). The molecule has 1 aliphatic rings. The Labute approximate surface area is 218 Å². The maximum atomic E-state index is 13.7. The first kappa shape index (κ1) is 27.3. The average Bonchev–Trinajstić information content (AvgIpc) is 3.32. The van der Waals surface area contributed by atoms with Gasteiger partial charge in [-0.2, -0.15) is 13.2 Å². The van der Waals surface area contributed by atoms with Gasteiger partial charge >= 0.3 is 6.18 Å². The minimum Gasteiger partial charge on any atom is -0.361 e. The molecule has 0 spiro atoms. The van der Waals surface area contributed by atoms with E-state index in [1.807, 2.05) is 0 Å². The van der Waals surface area contributed by atoms with Crippen molar-refractivity contribution in [2.45, 2.75) is 33.5 Å². The molecule has 2 heterocycles. The summed E-state index contributed by atoms with van der Waals surface area (Å²) in [6.45, 7) is 9.97. The smallest absolute Gasteiger partial charge is 0.361 e. The van der Waals surface area contributed by atoms with Crippen LogP contribution in [0, 0.1) is 13.8 Å². The van der Waals surface area contributed by atoms with Gasteiger partial charge in [0.25, 0.3) is 11.8 Å². The Bertz CT molecular complexity index is 1310. The first-order valence-electron chi connectivity index (χ1n) is 12.3. The highest BCUT2D eigenvalue weighted by atomic mass is 19.4. The third-order valence-electron chi connectivity index (χ3n) is 6.50. The number of nitrogens with one attached hydrogen (secondary N) is 2. The van der Waals surface area contributed by atoms with E-state index in [0.717, 1.165) is 50.4 Å². The molecule has 1 saturated heterocycles. The number of alkyl halides is 3. The second kappa shape index (κ2) is 11.4. The number of benzene rings is 2. The number of nitrogens with zero attached hydrogens (tertiary/aromatic N) is 3. The maximum Gasteiger partial charge on any atom is 0.416 e. The third-order valence-corrected chi connectivity index (χ3v) is 6.50. The van der Waals surface area contributed by atoms with Gasteiger partial charge in [0.05, 0.1) is 5.56 Å². The predicted octanol–water partition coefficient (Wildman–Crippen LogP) is 4.95. The van der Waals surface area contributed by atoms with Gasteiger partial charge < -0.3 is 20.1 Å². The van der Waals surface area contributed by atoms with Crippen LogP contribution in [0.3, 0.4) is 0 Å². The fourth-order valence-electron chi connectivity index (χ4n) is 4.30. The second-order valence-electron chi connectivity index (χ2n) is 9.39. The predicted molar refractivity (Wildman–Crippen MR) is 137 cm³/mol. The molecule has 2 amide bonds. The summed E-state index contributed by atoms with van der Waals surface area (Å²) in [6, 6.07) is 9.80. The van der Waals surface area contributed by atoms with E-state index in [2.05, 4.69) is 32.5 Å². The number of aryl methyl sites for hydroxylation is 2. The van der Waals surface area contributed by atoms with Crippen LogP contribution in [0.2, 0.25) is 0 Å². The van der Waals surface area contributed by atoms with E-state index < -0.39 is 23.6 Å². The summed E-state index contributed by atoms with van der Waals surface area (Å²) >= 11 is 0. The standard InChI is InChI=1S/C27H30F3N5O3/c1-4-34-7-9-35(10-8-34)16-19-12-20(14-21(13-19)27(28,29)30)25(36)31-22-6-5-17(2)23(15-22)32-26(37)24-11-18(3)38-33-24/h5-6,11-15H,4,7-10,16H2,1-3H3,(H,31,36)(H,32,37). The molecule has 0 bridgehead atoms. The highest BCUT2D eigenvalue weighted by Gasteiger charge is 2.32. The molecule has 1 fully saturated rings. The lowest BCUT2D eigenvalue weighted by molar-refractivity contribution is -0.137. The number of carbonyl (C=O) groups is 2. The van der Waals surface area contributed by atoms with Crippen LogP contribution in [0.15, 0.2) is 47.0 Å². The van der Waals surface area contributed by atoms with Gasteiger partial charge in [-0.15, -0.1) is 0 Å². The zero-order valence-corrected chi connectivity index (χ0v) is 21.5. The van der Waals surface area contributed by atoms with Gasteiger partial charge in [-0.25, -0.2) is 0 Å². The van der Waals surface area contributed by atoms with E-state index >= 15 is 0 Å². The van der Waals surface area contributed by atoms with Crippen molar-refractivity contribution in [2.24, 2.45) is 0 Å². The summed E-state index contributed by atoms with van der Waals surface area (Å²) in [6.07, 6.45) is -4.59. The average molecular weight is 530 g/mol. The number of rotatable bonds is 7. The second-order valence-corrected chi connectivity index (χ2v) is 9.39. The fourth-order valence-corrected chi connectivity index (χ4v) is 4.30. The van der Waals surface area contributed by atoms with Crippen molar-refractivity contribution in [3.63, 3.8) is 0 Å². The van der Waals surface area contributed by atoms with Gasteiger partial charge in [0.2, 0.25) is 0 Å². The van der Waals surface area contributed by atoms with Crippen molar-refractivity contribution in [3.05, 3.63) is 76.2 Å². The van der Waals surface area contributed by atoms with Gasteiger partial charge in [-0.3, -0.25) is 14.5 Å². The molecular formula is C27H30F3N5O3. The molecule has 8 nitrogen and oxygen atoms in total. The number of amides is 2. The van der Waals surface area contributed by atoms with Gasteiger partial charge in [0.15, 0.2) is 5.69 Å². The van der Waals surface area contributed by atoms with Crippen LogP contribution >= 0.6 is 0 Å². The van der Waals surface area contributed by atoms with Crippen molar-refractivity contribution in [1.29, 1.82) is 0 Å². The molecule has 2 aromatic carbocycles. The van der Waals surface area contributed by atoms with E-state index in [0.29, 0.717) is 29.2 Å². The van der Waals surface area contributed by atoms with E-state index in [4.69, 9.17) is 4.52 Å². The van der Waals surface area contributed by atoms with Crippen LogP contribution in [0.1, 0.15) is 50.2 Å². The van der Waals surface area contributed by atoms with E-state index in [-0.39, 0.29) is 11.3 Å². The number of piperazine rings is 1. The minimum absolute atomic E-state index is 0.0914. The molecule has 0 aliphatic carbocycles. The zero-order chi connectivity index (χ0) is 27.4. The van der Waals surface area contributed by atoms with Crippen LogP contribution in [-0.2, 0) is 12.7 Å². The molecule has 202 valence electrons. The van der Waals surface area contributed by atoms with Gasteiger partial charge in [-0.1, -0.05) is 18.1 Å². The normalized spacial score (nSPS) is 14.9. The molecular weight excluding hydrogens is 499 g/mol. The number of hydrogen-bond acceptors (Lipinski definition) is 6. The van der Waals surface area contributed by atoms with Gasteiger partial charge in [0, 0.05) is 55.7 Å². The van der Waals surface area contributed by atoms with Gasteiger partial charge in [0.1, 0.15) is 5.76 Å². The molecule has 1 aliphatic heterocycles. The van der Waals surface area contributed by atoms with E-state index in [1.54, 1.807) is 32.0 Å². The Kier molecular flexibility index (Phi) is 8.17. The molecule has 2 N–H and O–H groups in total. The fraction of sp³-hybridized carbons (Fsp3) is 0.370. The number of anilines is 2. The first-order chi connectivity index (χ1) is 18.0. The van der Waals surface area contributed by atoms with Crippen LogP contribution in [0.25, 0.3) is 0 Å². The lowest BCUT2D eigenvalue weighted by Crippen LogP contribution is -2.45. The molecule has 3 aromatic rings. The quantitative estimate of drug-likeness (QED) is 0.450. The SMILES string of the molecule is CCN1CCN(Cc2cc(C(=O)Nc3ccc(C)c(NC(=O)c4cc(C)on4)c3)cc(C(F)(F)F)c2)CC1. The lowest BCUT2D eigenvalue weighted by Gasteiger charge is -2.34. The monoisotopic (exact) mass is 529 g/mol. The largest absolute Gasteiger partial charge is 0.416 e. The number of likely N-dealkylation sites (N-methyl/N-ethyl adjacent to an activating group) is 1. The highest BCUT2D eigenvalue weighted by Crippen LogP contribution is 2.31. The number of halogens is 3. The Morgan fingerprint density at radius 3 is 2.29 bits per heavy atom. The topological polar surface area (TPSA) is 90.7 Å². The molecule has 0 radical (unpaired) electrons. The maximum absolute atomic E-state index is 13.7. The number of hydrogen-bond donors (Lipinski definition) is 2. The van der Waals surface area contributed by atoms with Crippen molar-refractivity contribution < 1.29 is 27.3 Å².